The van der Waals surface area contributed by atoms with Crippen molar-refractivity contribution in [1.82, 2.24) is 10.2 Å². The lowest BCUT2D eigenvalue weighted by Gasteiger charge is -2.35. The van der Waals surface area contributed by atoms with Gasteiger partial charge >= 0.3 is 12.5 Å². The molecule has 1 heterocycles. The number of aliphatic hydroxyl groups is 1. The molecule has 2 rings (SSSR count). The quantitative estimate of drug-likeness (QED) is 0.674. The van der Waals surface area contributed by atoms with E-state index in [1.54, 1.807) is 12.1 Å². The van der Waals surface area contributed by atoms with Crippen LogP contribution >= 0.6 is 12.4 Å². The third-order valence-corrected chi connectivity index (χ3v) is 4.00. The van der Waals surface area contributed by atoms with E-state index < -0.39 is 12.5 Å². The van der Waals surface area contributed by atoms with Gasteiger partial charge in [-0.2, -0.15) is 17.6 Å². The predicted octanol–water partition coefficient (Wildman–Crippen LogP) is 3.06. The highest BCUT2D eigenvalue weighted by molar-refractivity contribution is 5.85. The molecule has 25 heavy (non-hydrogen) atoms. The predicted molar refractivity (Wildman–Crippen MR) is 88.8 cm³/mol. The number of nitrogens with one attached hydrogen (secondary N) is 1. The summed E-state index contributed by atoms with van der Waals surface area (Å²) in [5.41, 5.74) is 0.887. The van der Waals surface area contributed by atoms with Gasteiger partial charge in [-0.1, -0.05) is 12.1 Å². The van der Waals surface area contributed by atoms with Crippen LogP contribution in [0.4, 0.5) is 17.6 Å². The number of alkyl halides is 4. The maximum absolute atomic E-state index is 12.9. The molecule has 1 aromatic carbocycles. The zero-order valence-corrected chi connectivity index (χ0v) is 14.5. The fraction of sp³-hybridized carbons (Fsp3) is 0.625. The van der Waals surface area contributed by atoms with Crippen LogP contribution in [0, 0.1) is 0 Å². The van der Waals surface area contributed by atoms with Crippen molar-refractivity contribution in [3.63, 3.8) is 0 Å². The Hall–Kier alpha value is -1.09. The molecule has 1 aliphatic rings. The topological polar surface area (TPSA) is 44.7 Å². The molecule has 0 saturated carbocycles. The number of halogens is 5. The Morgan fingerprint density at radius 1 is 1.16 bits per heavy atom. The highest BCUT2D eigenvalue weighted by atomic mass is 35.5. The summed E-state index contributed by atoms with van der Waals surface area (Å²) in [6, 6.07) is 5.82. The van der Waals surface area contributed by atoms with Crippen molar-refractivity contribution in [2.75, 3.05) is 32.8 Å². The first-order chi connectivity index (χ1) is 11.4. The highest BCUT2D eigenvalue weighted by Crippen LogP contribution is 2.31. The molecule has 144 valence electrons. The molecule has 0 unspecified atom stereocenters. The molecule has 0 spiro atoms. The van der Waals surface area contributed by atoms with E-state index in [-0.39, 0.29) is 30.8 Å². The van der Waals surface area contributed by atoms with Gasteiger partial charge in [0.05, 0.1) is 0 Å². The van der Waals surface area contributed by atoms with Crippen molar-refractivity contribution in [1.29, 1.82) is 0 Å². The molecule has 2 N–H and O–H groups in total. The molecule has 0 radical (unpaired) electrons. The van der Waals surface area contributed by atoms with Crippen LogP contribution in [0.25, 0.3) is 0 Å². The van der Waals surface area contributed by atoms with Gasteiger partial charge in [-0.05, 0) is 30.5 Å². The molecule has 1 aliphatic heterocycles. The summed E-state index contributed by atoms with van der Waals surface area (Å²) in [6.07, 6.45) is -7.04. The monoisotopic (exact) mass is 386 g/mol. The first kappa shape index (κ1) is 22.0. The molecule has 9 heteroatoms. The summed E-state index contributed by atoms with van der Waals surface area (Å²) in [5.74, 6) is -0.301. The van der Waals surface area contributed by atoms with Crippen molar-refractivity contribution in [3.05, 3.63) is 29.8 Å². The maximum atomic E-state index is 12.9. The van der Waals surface area contributed by atoms with Crippen molar-refractivity contribution >= 4 is 12.4 Å². The van der Waals surface area contributed by atoms with E-state index in [0.717, 1.165) is 38.2 Å². The minimum Gasteiger partial charge on any atom is -0.428 e. The lowest BCUT2D eigenvalue weighted by Crippen LogP contribution is -2.45. The first-order valence-electron chi connectivity index (χ1n) is 7.94. The Balaban J connectivity index is 0.00000312. The number of nitrogens with zero attached hydrogens (tertiary/aromatic N) is 1. The standard InChI is InChI=1S/C16H22F4N2O2.ClH/c17-15(18)16(19,20)24-13-5-3-12(4-6-13)14(2-1-11-23)22-9-7-21-8-10-22;/h3-6,14-15,21,23H,1-2,7-11H2;1H/t14-;/m1./s1. The van der Waals surface area contributed by atoms with Crippen LogP contribution < -0.4 is 10.1 Å². The Bertz CT molecular complexity index is 499. The average molecular weight is 387 g/mol. The molecule has 0 aromatic heterocycles. The summed E-state index contributed by atoms with van der Waals surface area (Å²) < 4.78 is 54.3. The van der Waals surface area contributed by atoms with Crippen LogP contribution in [0.2, 0.25) is 0 Å². The van der Waals surface area contributed by atoms with Gasteiger partial charge in [-0.3, -0.25) is 4.90 Å². The molecular formula is C16H23ClF4N2O2. The summed E-state index contributed by atoms with van der Waals surface area (Å²) in [4.78, 5) is 2.26. The van der Waals surface area contributed by atoms with Gasteiger partial charge in [-0.15, -0.1) is 12.4 Å². The van der Waals surface area contributed by atoms with Gasteiger partial charge in [0.25, 0.3) is 0 Å². The smallest absolute Gasteiger partial charge is 0.428 e. The SMILES string of the molecule is Cl.OCCC[C@H](c1ccc(OC(F)(F)C(F)F)cc1)N1CCNCC1. The number of hydrogen-bond donors (Lipinski definition) is 2. The van der Waals surface area contributed by atoms with Crippen molar-refractivity contribution in [3.8, 4) is 5.75 Å². The average Bonchev–Trinajstić information content (AvgIpc) is 2.57. The van der Waals surface area contributed by atoms with E-state index in [1.807, 2.05) is 0 Å². The minimum atomic E-state index is -4.50. The van der Waals surface area contributed by atoms with E-state index in [9.17, 15) is 17.6 Å². The van der Waals surface area contributed by atoms with Gasteiger partial charge in [0.1, 0.15) is 5.75 Å². The fourth-order valence-corrected chi connectivity index (χ4v) is 2.80. The van der Waals surface area contributed by atoms with E-state index >= 15 is 0 Å². The van der Waals surface area contributed by atoms with Crippen molar-refractivity contribution < 1.29 is 27.4 Å². The largest absolute Gasteiger partial charge is 0.461 e. The van der Waals surface area contributed by atoms with Gasteiger partial charge in [0, 0.05) is 38.8 Å². The molecule has 0 bridgehead atoms. The third-order valence-electron chi connectivity index (χ3n) is 4.00. The normalized spacial score (nSPS) is 17.2. The third kappa shape index (κ3) is 6.29. The van der Waals surface area contributed by atoms with Crippen LogP contribution in [0.5, 0.6) is 5.75 Å². The van der Waals surface area contributed by atoms with Crippen LogP contribution in [-0.4, -0.2) is 55.3 Å². The molecule has 1 atom stereocenters. The Labute approximate surface area is 150 Å². The second-order valence-electron chi connectivity index (χ2n) is 5.70. The molecule has 1 saturated heterocycles. The molecule has 1 aromatic rings. The fourth-order valence-electron chi connectivity index (χ4n) is 2.80. The Morgan fingerprint density at radius 2 is 1.76 bits per heavy atom. The molecule has 0 aliphatic carbocycles. The number of rotatable bonds is 8. The molecular weight excluding hydrogens is 364 g/mol. The van der Waals surface area contributed by atoms with E-state index in [1.165, 1.54) is 12.1 Å². The number of hydrogen-bond acceptors (Lipinski definition) is 4. The van der Waals surface area contributed by atoms with Gasteiger partial charge in [0.15, 0.2) is 0 Å². The second-order valence-corrected chi connectivity index (χ2v) is 5.70. The maximum Gasteiger partial charge on any atom is 0.461 e. The van der Waals surface area contributed by atoms with Crippen molar-refractivity contribution in [2.45, 2.75) is 31.4 Å². The summed E-state index contributed by atoms with van der Waals surface area (Å²) >= 11 is 0. The lowest BCUT2D eigenvalue weighted by atomic mass is 9.99. The number of ether oxygens (including phenoxy) is 1. The summed E-state index contributed by atoms with van der Waals surface area (Å²) in [5, 5.41) is 12.3. The molecule has 1 fully saturated rings. The van der Waals surface area contributed by atoms with Crippen LogP contribution in [-0.2, 0) is 0 Å². The summed E-state index contributed by atoms with van der Waals surface area (Å²) in [7, 11) is 0. The Kier molecular flexibility index (Phi) is 8.92. The zero-order chi connectivity index (χ0) is 17.6. The van der Waals surface area contributed by atoms with Gasteiger partial charge < -0.3 is 15.2 Å². The number of benzene rings is 1. The number of piperazine rings is 1. The summed E-state index contributed by atoms with van der Waals surface area (Å²) in [6.45, 7) is 3.48. The van der Waals surface area contributed by atoms with Gasteiger partial charge in [-0.25, -0.2) is 0 Å². The van der Waals surface area contributed by atoms with Crippen LogP contribution in [0.1, 0.15) is 24.4 Å². The number of aliphatic hydroxyl groups excluding tert-OH is 1. The van der Waals surface area contributed by atoms with E-state index in [0.29, 0.717) is 6.42 Å². The lowest BCUT2D eigenvalue weighted by molar-refractivity contribution is -0.253. The van der Waals surface area contributed by atoms with Crippen LogP contribution in [0.3, 0.4) is 0 Å². The minimum absolute atomic E-state index is 0. The molecule has 0 amide bonds. The van der Waals surface area contributed by atoms with Crippen LogP contribution in [0.15, 0.2) is 24.3 Å². The van der Waals surface area contributed by atoms with E-state index in [2.05, 4.69) is 15.0 Å². The highest BCUT2D eigenvalue weighted by Gasteiger charge is 2.43. The van der Waals surface area contributed by atoms with Crippen molar-refractivity contribution in [2.24, 2.45) is 0 Å². The van der Waals surface area contributed by atoms with E-state index in [4.69, 9.17) is 5.11 Å². The first-order valence-corrected chi connectivity index (χ1v) is 7.94. The second kappa shape index (κ2) is 10.2. The van der Waals surface area contributed by atoms with Gasteiger partial charge in [0.2, 0.25) is 0 Å². The Morgan fingerprint density at radius 3 is 2.28 bits per heavy atom. The molecule has 4 nitrogen and oxygen atoms in total. The zero-order valence-electron chi connectivity index (χ0n) is 13.6.